The molecule has 0 N–H and O–H groups in total. The van der Waals surface area contributed by atoms with Crippen molar-refractivity contribution < 1.29 is 28.5 Å². The van der Waals surface area contributed by atoms with Crippen molar-refractivity contribution in [2.24, 2.45) is 0 Å². The third kappa shape index (κ3) is 6.86. The molecule has 6 heteroatoms. The van der Waals surface area contributed by atoms with Crippen LogP contribution in [0.2, 0.25) is 0 Å². The Balaban J connectivity index is 2.60. The highest BCUT2D eigenvalue weighted by molar-refractivity contribution is 5.92. The smallest absolute Gasteiger partial charge is 0.341 e. The average Bonchev–Trinajstić information content (AvgIpc) is 2.55. The van der Waals surface area contributed by atoms with Crippen LogP contribution < -0.4 is 9.47 Å². The highest BCUT2D eigenvalue weighted by Crippen LogP contribution is 2.25. The maximum absolute atomic E-state index is 11.8. The molecule has 1 aromatic rings. The number of carbonyl (C=O) groups is 2. The van der Waals surface area contributed by atoms with E-state index in [0.29, 0.717) is 49.7 Å². The second-order valence-electron chi connectivity index (χ2n) is 4.64. The Kier molecular flexibility index (Phi) is 8.28. The summed E-state index contributed by atoms with van der Waals surface area (Å²) in [5, 5.41) is 0. The molecule has 0 atom stereocenters. The van der Waals surface area contributed by atoms with Gasteiger partial charge in [0.05, 0.1) is 20.3 Å². The number of unbranched alkanes of at least 4 members (excludes halogenated alkanes) is 1. The van der Waals surface area contributed by atoms with Crippen LogP contribution in [-0.4, -0.2) is 38.9 Å². The quantitative estimate of drug-likeness (QED) is 0.375. The fourth-order valence-electron chi connectivity index (χ4n) is 1.75. The van der Waals surface area contributed by atoms with Crippen molar-refractivity contribution in [2.45, 2.75) is 19.8 Å². The first kappa shape index (κ1) is 18.5. The Labute approximate surface area is 136 Å². The Morgan fingerprint density at radius 1 is 1.17 bits per heavy atom. The molecule has 0 spiro atoms. The van der Waals surface area contributed by atoms with Crippen LogP contribution in [-0.2, 0) is 14.3 Å². The van der Waals surface area contributed by atoms with Gasteiger partial charge in [-0.1, -0.05) is 12.7 Å². The first-order valence-corrected chi connectivity index (χ1v) is 7.30. The summed E-state index contributed by atoms with van der Waals surface area (Å²) in [6.45, 7) is 6.04. The van der Waals surface area contributed by atoms with Crippen molar-refractivity contribution in [3.8, 4) is 11.5 Å². The van der Waals surface area contributed by atoms with Gasteiger partial charge in [0.2, 0.25) is 0 Å². The van der Waals surface area contributed by atoms with Gasteiger partial charge in [-0.15, -0.1) is 0 Å². The van der Waals surface area contributed by atoms with E-state index in [1.165, 1.54) is 14.0 Å². The molecule has 0 radical (unpaired) electrons. The number of hydrogen-bond donors (Lipinski definition) is 0. The van der Waals surface area contributed by atoms with Gasteiger partial charge in [0.1, 0.15) is 23.7 Å². The summed E-state index contributed by atoms with van der Waals surface area (Å²) in [5.41, 5.74) is 0.300. The van der Waals surface area contributed by atoms with Crippen LogP contribution in [0.3, 0.4) is 0 Å². The number of ether oxygens (including phenoxy) is 4. The minimum atomic E-state index is -0.496. The minimum absolute atomic E-state index is 0.297. The van der Waals surface area contributed by atoms with E-state index in [1.807, 2.05) is 0 Å². The van der Waals surface area contributed by atoms with E-state index >= 15 is 0 Å². The monoisotopic (exact) mass is 322 g/mol. The Hall–Kier alpha value is -2.50. The van der Waals surface area contributed by atoms with Gasteiger partial charge in [0, 0.05) is 6.92 Å². The topological polar surface area (TPSA) is 71.1 Å². The summed E-state index contributed by atoms with van der Waals surface area (Å²) < 4.78 is 20.6. The first-order chi connectivity index (χ1) is 11.1. The van der Waals surface area contributed by atoms with Crippen LogP contribution in [0.5, 0.6) is 11.5 Å². The SMILES string of the molecule is C=CCOc1ccc(OCCCCOC(C)=O)c(C(=O)OC)c1. The fraction of sp³-hybridized carbons (Fsp3) is 0.412. The maximum Gasteiger partial charge on any atom is 0.341 e. The molecule has 0 saturated carbocycles. The maximum atomic E-state index is 11.8. The second kappa shape index (κ2) is 10.3. The van der Waals surface area contributed by atoms with Crippen LogP contribution in [0, 0.1) is 0 Å². The third-order valence-electron chi connectivity index (χ3n) is 2.83. The van der Waals surface area contributed by atoms with Gasteiger partial charge in [-0.2, -0.15) is 0 Å². The van der Waals surface area contributed by atoms with Gasteiger partial charge >= 0.3 is 11.9 Å². The van der Waals surface area contributed by atoms with Crippen LogP contribution in [0.1, 0.15) is 30.1 Å². The zero-order valence-corrected chi connectivity index (χ0v) is 13.5. The number of esters is 2. The van der Waals surface area contributed by atoms with Crippen molar-refractivity contribution in [1.82, 2.24) is 0 Å². The molecule has 126 valence electrons. The lowest BCUT2D eigenvalue weighted by Gasteiger charge is -2.12. The molecule has 0 aromatic heterocycles. The summed E-state index contributed by atoms with van der Waals surface area (Å²) >= 11 is 0. The van der Waals surface area contributed by atoms with Crippen molar-refractivity contribution in [2.75, 3.05) is 26.9 Å². The molecule has 0 fully saturated rings. The number of carbonyl (C=O) groups excluding carboxylic acids is 2. The predicted molar refractivity (Wildman–Crippen MR) is 84.8 cm³/mol. The van der Waals surface area contributed by atoms with E-state index in [9.17, 15) is 9.59 Å². The van der Waals surface area contributed by atoms with Crippen molar-refractivity contribution in [1.29, 1.82) is 0 Å². The summed E-state index contributed by atoms with van der Waals surface area (Å²) in [5.74, 6) is 0.167. The molecular formula is C17H22O6. The Bertz CT molecular complexity index is 538. The van der Waals surface area contributed by atoms with Crippen molar-refractivity contribution in [3.63, 3.8) is 0 Å². The number of rotatable bonds is 10. The molecule has 0 bridgehead atoms. The minimum Gasteiger partial charge on any atom is -0.493 e. The van der Waals surface area contributed by atoms with Gasteiger partial charge in [0.15, 0.2) is 0 Å². The van der Waals surface area contributed by atoms with Gasteiger partial charge in [-0.3, -0.25) is 4.79 Å². The third-order valence-corrected chi connectivity index (χ3v) is 2.83. The molecule has 1 aromatic carbocycles. The second-order valence-corrected chi connectivity index (χ2v) is 4.64. The molecule has 0 heterocycles. The standard InChI is InChI=1S/C17H22O6/c1-4-9-22-14-7-8-16(15(12-14)17(19)20-3)23-11-6-5-10-21-13(2)18/h4,7-8,12H,1,5-6,9-11H2,2-3H3. The number of hydrogen-bond acceptors (Lipinski definition) is 6. The lowest BCUT2D eigenvalue weighted by atomic mass is 10.2. The molecule has 0 aliphatic carbocycles. The summed E-state index contributed by atoms with van der Waals surface area (Å²) in [7, 11) is 1.31. The average molecular weight is 322 g/mol. The first-order valence-electron chi connectivity index (χ1n) is 7.30. The van der Waals surface area contributed by atoms with Gasteiger partial charge in [0.25, 0.3) is 0 Å². The normalized spacial score (nSPS) is 9.83. The zero-order chi connectivity index (χ0) is 17.1. The molecule has 6 nitrogen and oxygen atoms in total. The molecule has 0 unspecified atom stereocenters. The molecule has 23 heavy (non-hydrogen) atoms. The van der Waals surface area contributed by atoms with Crippen LogP contribution in [0.25, 0.3) is 0 Å². The molecule has 0 amide bonds. The Morgan fingerprint density at radius 2 is 1.91 bits per heavy atom. The zero-order valence-electron chi connectivity index (χ0n) is 13.5. The molecule has 1 rings (SSSR count). The lowest BCUT2D eigenvalue weighted by Crippen LogP contribution is -2.08. The van der Waals surface area contributed by atoms with E-state index in [1.54, 1.807) is 24.3 Å². The molecule has 0 aliphatic rings. The Morgan fingerprint density at radius 3 is 2.57 bits per heavy atom. The summed E-state index contributed by atoms with van der Waals surface area (Å²) in [6.07, 6.45) is 3.00. The van der Waals surface area contributed by atoms with Crippen molar-refractivity contribution >= 4 is 11.9 Å². The molecule has 0 saturated heterocycles. The molecule has 0 aliphatic heterocycles. The van der Waals surface area contributed by atoms with Crippen LogP contribution >= 0.6 is 0 Å². The predicted octanol–water partition coefficient (Wildman–Crippen LogP) is 2.76. The summed E-state index contributed by atoms with van der Waals surface area (Å²) in [6, 6.07) is 4.95. The fourth-order valence-corrected chi connectivity index (χ4v) is 1.75. The largest absolute Gasteiger partial charge is 0.493 e. The van der Waals surface area contributed by atoms with Gasteiger partial charge < -0.3 is 18.9 Å². The highest BCUT2D eigenvalue weighted by atomic mass is 16.5. The van der Waals surface area contributed by atoms with E-state index in [0.717, 1.165) is 0 Å². The lowest BCUT2D eigenvalue weighted by molar-refractivity contribution is -0.141. The number of benzene rings is 1. The van der Waals surface area contributed by atoms with Gasteiger partial charge in [-0.25, -0.2) is 4.79 Å². The molecular weight excluding hydrogens is 300 g/mol. The van der Waals surface area contributed by atoms with E-state index in [4.69, 9.17) is 18.9 Å². The van der Waals surface area contributed by atoms with E-state index in [2.05, 4.69) is 6.58 Å². The van der Waals surface area contributed by atoms with E-state index in [-0.39, 0.29) is 5.97 Å². The van der Waals surface area contributed by atoms with Crippen LogP contribution in [0.4, 0.5) is 0 Å². The van der Waals surface area contributed by atoms with Crippen LogP contribution in [0.15, 0.2) is 30.9 Å². The highest BCUT2D eigenvalue weighted by Gasteiger charge is 2.14. The van der Waals surface area contributed by atoms with E-state index < -0.39 is 5.97 Å². The number of methoxy groups -OCH3 is 1. The van der Waals surface area contributed by atoms with Crippen molar-refractivity contribution in [3.05, 3.63) is 36.4 Å². The summed E-state index contributed by atoms with van der Waals surface area (Å²) in [4.78, 5) is 22.5. The van der Waals surface area contributed by atoms with Gasteiger partial charge in [-0.05, 0) is 31.0 Å².